The smallest absolute Gasteiger partial charge is 0.323 e. The van der Waals surface area contributed by atoms with Gasteiger partial charge in [-0.3, -0.25) is 9.59 Å². The number of carbonyl (C=O) groups is 2. The summed E-state index contributed by atoms with van der Waals surface area (Å²) in [6.07, 6.45) is 3.85. The van der Waals surface area contributed by atoms with Crippen molar-refractivity contribution in [3.05, 3.63) is 0 Å². The van der Waals surface area contributed by atoms with Crippen LogP contribution in [0.3, 0.4) is 0 Å². The lowest BCUT2D eigenvalue weighted by atomic mass is 9.87. The molecule has 5 heteroatoms. The van der Waals surface area contributed by atoms with Gasteiger partial charge < -0.3 is 15.3 Å². The third kappa shape index (κ3) is 2.51. The molecule has 2 fully saturated rings. The average Bonchev–Trinajstić information content (AvgIpc) is 2.96. The Balaban J connectivity index is 2.05. The van der Waals surface area contributed by atoms with Crippen LogP contribution >= 0.6 is 0 Å². The number of fused-ring (bicyclic) bond motifs is 2. The van der Waals surface area contributed by atoms with E-state index in [0.29, 0.717) is 6.04 Å². The molecule has 2 rings (SSSR count). The number of aliphatic carboxylic acids is 1. The van der Waals surface area contributed by atoms with E-state index >= 15 is 0 Å². The number of nitrogens with zero attached hydrogens (tertiary/aromatic N) is 1. The lowest BCUT2D eigenvalue weighted by Crippen LogP contribution is -2.47. The number of carboxylic acid groups (broad SMARTS) is 1. The molecule has 0 spiro atoms. The number of hydrogen-bond donors (Lipinski definition) is 2. The fraction of sp³-hybridized carbons (Fsp3) is 0.846. The Labute approximate surface area is 108 Å². The molecule has 102 valence electrons. The lowest BCUT2D eigenvalue weighted by molar-refractivity contribution is -0.148. The average molecular weight is 254 g/mol. The molecular formula is C13H22N2O3. The van der Waals surface area contributed by atoms with Crippen molar-refractivity contribution >= 4 is 11.9 Å². The van der Waals surface area contributed by atoms with Crippen LogP contribution in [0.4, 0.5) is 0 Å². The number of carbonyl (C=O) groups excluding carboxylic acids is 1. The van der Waals surface area contributed by atoms with E-state index in [9.17, 15) is 9.59 Å². The second-order valence-electron chi connectivity index (χ2n) is 5.51. The maximum Gasteiger partial charge on any atom is 0.323 e. The predicted molar refractivity (Wildman–Crippen MR) is 67.2 cm³/mol. The molecule has 2 bridgehead atoms. The van der Waals surface area contributed by atoms with Crippen molar-refractivity contribution in [3.63, 3.8) is 0 Å². The zero-order valence-electron chi connectivity index (χ0n) is 11.1. The molecule has 4 unspecified atom stereocenters. The molecular weight excluding hydrogens is 232 g/mol. The molecule has 0 aliphatic carbocycles. The summed E-state index contributed by atoms with van der Waals surface area (Å²) in [4.78, 5) is 24.9. The fourth-order valence-corrected chi connectivity index (χ4v) is 3.13. The van der Waals surface area contributed by atoms with Gasteiger partial charge in [0.05, 0.1) is 5.92 Å². The Bertz CT molecular complexity index is 345. The first-order valence-corrected chi connectivity index (χ1v) is 6.81. The van der Waals surface area contributed by atoms with E-state index in [1.54, 1.807) is 0 Å². The highest BCUT2D eigenvalue weighted by Gasteiger charge is 2.44. The number of amides is 1. The van der Waals surface area contributed by atoms with E-state index < -0.39 is 5.97 Å². The van der Waals surface area contributed by atoms with Gasteiger partial charge in [0.25, 0.3) is 0 Å². The highest BCUT2D eigenvalue weighted by atomic mass is 16.4. The highest BCUT2D eigenvalue weighted by molar-refractivity contribution is 5.84. The Morgan fingerprint density at radius 3 is 2.61 bits per heavy atom. The van der Waals surface area contributed by atoms with Crippen LogP contribution in [0.2, 0.25) is 0 Å². The van der Waals surface area contributed by atoms with Gasteiger partial charge in [0.15, 0.2) is 0 Å². The van der Waals surface area contributed by atoms with Gasteiger partial charge in [0.1, 0.15) is 6.54 Å². The van der Waals surface area contributed by atoms with Crippen molar-refractivity contribution in [1.82, 2.24) is 10.2 Å². The van der Waals surface area contributed by atoms with Gasteiger partial charge in [0.2, 0.25) is 5.91 Å². The number of nitrogens with one attached hydrogen (secondary N) is 1. The Hall–Kier alpha value is -1.10. The maximum atomic E-state index is 12.5. The molecule has 5 nitrogen and oxygen atoms in total. The molecule has 0 aromatic carbocycles. The molecule has 0 aromatic heterocycles. The summed E-state index contributed by atoms with van der Waals surface area (Å²) >= 11 is 0. The second-order valence-corrected chi connectivity index (χ2v) is 5.51. The zero-order valence-corrected chi connectivity index (χ0v) is 11.1. The van der Waals surface area contributed by atoms with Crippen molar-refractivity contribution in [2.45, 2.75) is 57.7 Å². The van der Waals surface area contributed by atoms with E-state index in [1.807, 2.05) is 13.8 Å². The van der Waals surface area contributed by atoms with Crippen molar-refractivity contribution < 1.29 is 14.7 Å². The van der Waals surface area contributed by atoms with Gasteiger partial charge in [-0.15, -0.1) is 0 Å². The van der Waals surface area contributed by atoms with Gasteiger partial charge in [-0.05, 0) is 32.6 Å². The van der Waals surface area contributed by atoms with Crippen LogP contribution in [0.25, 0.3) is 0 Å². The topological polar surface area (TPSA) is 69.6 Å². The summed E-state index contributed by atoms with van der Waals surface area (Å²) in [6, 6.07) is 0.725. The molecule has 0 aromatic rings. The van der Waals surface area contributed by atoms with E-state index in [1.165, 1.54) is 4.90 Å². The van der Waals surface area contributed by atoms with Gasteiger partial charge >= 0.3 is 5.97 Å². The first-order chi connectivity index (χ1) is 8.52. The van der Waals surface area contributed by atoms with Crippen molar-refractivity contribution in [2.75, 3.05) is 6.54 Å². The molecule has 2 heterocycles. The summed E-state index contributed by atoms with van der Waals surface area (Å²) < 4.78 is 0. The molecule has 1 amide bonds. The van der Waals surface area contributed by atoms with Crippen LogP contribution in [0.15, 0.2) is 0 Å². The summed E-state index contributed by atoms with van der Waals surface area (Å²) in [6.45, 7) is 3.72. The van der Waals surface area contributed by atoms with E-state index in [-0.39, 0.29) is 30.5 Å². The summed E-state index contributed by atoms with van der Waals surface area (Å²) in [5, 5.41) is 12.4. The largest absolute Gasteiger partial charge is 0.480 e. The second kappa shape index (κ2) is 5.26. The van der Waals surface area contributed by atoms with Crippen molar-refractivity contribution in [2.24, 2.45) is 5.92 Å². The van der Waals surface area contributed by atoms with E-state index in [2.05, 4.69) is 5.32 Å². The van der Waals surface area contributed by atoms with E-state index in [0.717, 1.165) is 25.7 Å². The summed E-state index contributed by atoms with van der Waals surface area (Å²) in [7, 11) is 0. The first kappa shape index (κ1) is 13.3. The van der Waals surface area contributed by atoms with Gasteiger partial charge in [-0.2, -0.15) is 0 Å². The van der Waals surface area contributed by atoms with E-state index in [4.69, 9.17) is 5.11 Å². The Kier molecular flexibility index (Phi) is 3.90. The monoisotopic (exact) mass is 254 g/mol. The molecule has 2 aliphatic rings. The fourth-order valence-electron chi connectivity index (χ4n) is 3.13. The standard InChI is InChI=1S/C13H22N2O3/c1-3-8(2)15(7-12(16)17)13(18)10-6-9-4-5-11(10)14-9/h8-11,14H,3-7H2,1-2H3,(H,16,17). The van der Waals surface area contributed by atoms with Crippen LogP contribution in [0, 0.1) is 5.92 Å². The lowest BCUT2D eigenvalue weighted by Gasteiger charge is -2.31. The van der Waals surface area contributed by atoms with Crippen LogP contribution < -0.4 is 5.32 Å². The molecule has 2 aliphatic heterocycles. The number of rotatable bonds is 5. The molecule has 0 radical (unpaired) electrons. The molecule has 4 atom stereocenters. The van der Waals surface area contributed by atoms with Crippen LogP contribution in [-0.4, -0.2) is 46.6 Å². The minimum absolute atomic E-state index is 0.00673. The Morgan fingerprint density at radius 2 is 2.17 bits per heavy atom. The van der Waals surface area contributed by atoms with Gasteiger partial charge in [-0.25, -0.2) is 0 Å². The number of hydrogen-bond acceptors (Lipinski definition) is 3. The molecule has 18 heavy (non-hydrogen) atoms. The van der Waals surface area contributed by atoms with Crippen LogP contribution in [0.5, 0.6) is 0 Å². The van der Waals surface area contributed by atoms with Gasteiger partial charge in [0, 0.05) is 18.1 Å². The normalized spacial score (nSPS) is 31.3. The maximum absolute atomic E-state index is 12.5. The summed E-state index contributed by atoms with van der Waals surface area (Å²) in [5.74, 6) is -0.927. The van der Waals surface area contributed by atoms with Gasteiger partial charge in [-0.1, -0.05) is 6.92 Å². The molecule has 2 N–H and O–H groups in total. The molecule has 0 saturated carbocycles. The molecule has 2 saturated heterocycles. The number of carboxylic acids is 1. The zero-order chi connectivity index (χ0) is 13.3. The van der Waals surface area contributed by atoms with Crippen LogP contribution in [0.1, 0.15) is 39.5 Å². The minimum Gasteiger partial charge on any atom is -0.480 e. The summed E-state index contributed by atoms with van der Waals surface area (Å²) in [5.41, 5.74) is 0. The SMILES string of the molecule is CCC(C)N(CC(=O)O)C(=O)C1CC2CCC1N2. The van der Waals surface area contributed by atoms with Crippen molar-refractivity contribution in [3.8, 4) is 0 Å². The quantitative estimate of drug-likeness (QED) is 0.762. The first-order valence-electron chi connectivity index (χ1n) is 6.81. The third-order valence-electron chi connectivity index (χ3n) is 4.33. The predicted octanol–water partition coefficient (Wildman–Crippen LogP) is 0.839. The van der Waals surface area contributed by atoms with Crippen LogP contribution in [-0.2, 0) is 9.59 Å². The highest BCUT2D eigenvalue weighted by Crippen LogP contribution is 2.34. The Morgan fingerprint density at radius 1 is 1.44 bits per heavy atom. The minimum atomic E-state index is -0.931. The van der Waals surface area contributed by atoms with Crippen molar-refractivity contribution in [1.29, 1.82) is 0 Å². The third-order valence-corrected chi connectivity index (χ3v) is 4.33.